The zero-order valence-electron chi connectivity index (χ0n) is 12.5. The molecule has 1 aromatic rings. The van der Waals surface area contributed by atoms with Gasteiger partial charge in [-0.1, -0.05) is 30.3 Å². The molecule has 0 aliphatic heterocycles. The van der Waals surface area contributed by atoms with Gasteiger partial charge >= 0.3 is 11.9 Å². The zero-order valence-corrected chi connectivity index (χ0v) is 13.3. The van der Waals surface area contributed by atoms with E-state index in [1.54, 1.807) is 20.8 Å². The van der Waals surface area contributed by atoms with Crippen molar-refractivity contribution in [1.82, 2.24) is 0 Å². The Morgan fingerprint density at radius 2 is 1.76 bits per heavy atom. The summed E-state index contributed by atoms with van der Waals surface area (Å²) in [7, 11) is 0. The van der Waals surface area contributed by atoms with Crippen molar-refractivity contribution in [3.63, 3.8) is 0 Å². The molecular weight excluding hydrogens is 294 g/mol. The normalized spacial score (nSPS) is 12.0. The predicted molar refractivity (Wildman–Crippen MR) is 81.9 cm³/mol. The number of hydrogen-bond acceptors (Lipinski definition) is 5. The highest BCUT2D eigenvalue weighted by Gasteiger charge is 2.23. The van der Waals surface area contributed by atoms with E-state index in [0.717, 1.165) is 5.56 Å². The molecule has 0 saturated heterocycles. The number of ether oxygens (including phenoxy) is 2. The van der Waals surface area contributed by atoms with Crippen LogP contribution in [-0.4, -0.2) is 23.6 Å². The molecule has 0 heterocycles. The number of hydrogen-bond donors (Lipinski definition) is 1. The molecule has 1 aromatic carbocycles. The molecule has 0 fully saturated rings. The van der Waals surface area contributed by atoms with E-state index in [2.05, 4.69) is 0 Å². The van der Waals surface area contributed by atoms with Crippen molar-refractivity contribution < 1.29 is 19.1 Å². The lowest BCUT2D eigenvalue weighted by Gasteiger charge is -2.20. The Bertz CT molecular complexity index is 456. The molecule has 0 saturated carbocycles. The summed E-state index contributed by atoms with van der Waals surface area (Å²) in [5.41, 5.74) is 5.90. The summed E-state index contributed by atoms with van der Waals surface area (Å²) in [6.45, 7) is 5.40. The van der Waals surface area contributed by atoms with E-state index in [0.29, 0.717) is 0 Å². The lowest BCUT2D eigenvalue weighted by Crippen LogP contribution is -2.36. The summed E-state index contributed by atoms with van der Waals surface area (Å²) in [4.78, 5) is 23.2. The summed E-state index contributed by atoms with van der Waals surface area (Å²) in [5.74, 6) is -1.12. The van der Waals surface area contributed by atoms with Gasteiger partial charge in [0.25, 0.3) is 0 Å². The van der Waals surface area contributed by atoms with Crippen molar-refractivity contribution in [2.45, 2.75) is 45.4 Å². The van der Waals surface area contributed by atoms with Crippen LogP contribution in [0.2, 0.25) is 0 Å². The van der Waals surface area contributed by atoms with Gasteiger partial charge < -0.3 is 15.2 Å². The van der Waals surface area contributed by atoms with Gasteiger partial charge in [0.1, 0.15) is 18.2 Å². The molecule has 0 spiro atoms. The van der Waals surface area contributed by atoms with Gasteiger partial charge in [-0.2, -0.15) is 0 Å². The Labute approximate surface area is 131 Å². The van der Waals surface area contributed by atoms with Crippen LogP contribution in [0.15, 0.2) is 30.3 Å². The van der Waals surface area contributed by atoms with Crippen LogP contribution in [0.5, 0.6) is 0 Å². The Balaban J connectivity index is 0.00000400. The van der Waals surface area contributed by atoms with Gasteiger partial charge in [-0.3, -0.25) is 9.59 Å². The maximum absolute atomic E-state index is 11.7. The van der Waals surface area contributed by atoms with Crippen LogP contribution in [0.3, 0.4) is 0 Å². The molecule has 2 N–H and O–H groups in total. The van der Waals surface area contributed by atoms with Gasteiger partial charge in [0.2, 0.25) is 0 Å². The van der Waals surface area contributed by atoms with Crippen LogP contribution in [0, 0.1) is 0 Å². The van der Waals surface area contributed by atoms with Gasteiger partial charge in [-0.05, 0) is 26.3 Å². The van der Waals surface area contributed by atoms with E-state index in [-0.39, 0.29) is 25.4 Å². The molecule has 6 heteroatoms. The molecule has 0 unspecified atom stereocenters. The number of nitrogens with two attached hydrogens (primary N) is 1. The molecule has 5 nitrogen and oxygen atoms in total. The fourth-order valence-electron chi connectivity index (χ4n) is 1.48. The van der Waals surface area contributed by atoms with E-state index in [9.17, 15) is 9.59 Å². The monoisotopic (exact) mass is 315 g/mol. The molecule has 118 valence electrons. The zero-order chi connectivity index (χ0) is 15.2. The van der Waals surface area contributed by atoms with E-state index in [4.69, 9.17) is 15.2 Å². The molecule has 0 amide bonds. The van der Waals surface area contributed by atoms with E-state index >= 15 is 0 Å². The average Bonchev–Trinajstić information content (AvgIpc) is 2.34. The minimum atomic E-state index is -1.01. The molecule has 1 rings (SSSR count). The van der Waals surface area contributed by atoms with Crippen LogP contribution in [0.25, 0.3) is 0 Å². The summed E-state index contributed by atoms with van der Waals surface area (Å²) in [6.07, 6.45) is -0.190. The molecule has 0 radical (unpaired) electrons. The minimum Gasteiger partial charge on any atom is -0.460 e. The van der Waals surface area contributed by atoms with Crippen LogP contribution in [0.4, 0.5) is 0 Å². The molecular formula is C15H22ClNO4. The van der Waals surface area contributed by atoms with Crippen molar-refractivity contribution in [3.8, 4) is 0 Å². The first-order chi connectivity index (χ1) is 9.28. The van der Waals surface area contributed by atoms with Crippen LogP contribution in [0.1, 0.15) is 32.8 Å². The van der Waals surface area contributed by atoms with Crippen LogP contribution < -0.4 is 5.73 Å². The summed E-state index contributed by atoms with van der Waals surface area (Å²) < 4.78 is 10.1. The molecule has 1 atom stereocenters. The van der Waals surface area contributed by atoms with E-state index in [1.807, 2.05) is 30.3 Å². The van der Waals surface area contributed by atoms with Crippen molar-refractivity contribution in [3.05, 3.63) is 35.9 Å². The van der Waals surface area contributed by atoms with Crippen LogP contribution in [-0.2, 0) is 25.7 Å². The van der Waals surface area contributed by atoms with Crippen molar-refractivity contribution in [2.75, 3.05) is 0 Å². The Kier molecular flexibility index (Phi) is 7.99. The Hall–Kier alpha value is -1.59. The fraction of sp³-hybridized carbons (Fsp3) is 0.467. The quantitative estimate of drug-likeness (QED) is 0.843. The molecule has 0 bridgehead atoms. The minimum absolute atomic E-state index is 0. The highest BCUT2D eigenvalue weighted by Crippen LogP contribution is 2.09. The summed E-state index contributed by atoms with van der Waals surface area (Å²) in [5, 5.41) is 0. The highest BCUT2D eigenvalue weighted by atomic mass is 35.5. The maximum atomic E-state index is 11.7. The third-order valence-corrected chi connectivity index (χ3v) is 2.33. The second kappa shape index (κ2) is 8.64. The second-order valence-electron chi connectivity index (χ2n) is 5.49. The lowest BCUT2D eigenvalue weighted by molar-refractivity contribution is -0.159. The van der Waals surface area contributed by atoms with Gasteiger partial charge in [-0.25, -0.2) is 0 Å². The predicted octanol–water partition coefficient (Wildman–Crippen LogP) is 2.21. The van der Waals surface area contributed by atoms with E-state index < -0.39 is 23.6 Å². The first-order valence-corrected chi connectivity index (χ1v) is 6.46. The number of carbonyl (C=O) groups is 2. The first kappa shape index (κ1) is 19.4. The molecule has 0 aromatic heterocycles. The first-order valence-electron chi connectivity index (χ1n) is 6.46. The fourth-order valence-corrected chi connectivity index (χ4v) is 1.48. The van der Waals surface area contributed by atoms with Gasteiger partial charge in [-0.15, -0.1) is 12.4 Å². The average molecular weight is 316 g/mol. The number of halogens is 1. The van der Waals surface area contributed by atoms with Crippen molar-refractivity contribution in [2.24, 2.45) is 5.73 Å². The van der Waals surface area contributed by atoms with Crippen molar-refractivity contribution in [1.29, 1.82) is 0 Å². The third kappa shape index (κ3) is 8.32. The molecule has 0 aliphatic rings. The van der Waals surface area contributed by atoms with Crippen molar-refractivity contribution >= 4 is 24.3 Å². The second-order valence-corrected chi connectivity index (χ2v) is 5.49. The molecule has 21 heavy (non-hydrogen) atoms. The maximum Gasteiger partial charge on any atom is 0.323 e. The van der Waals surface area contributed by atoms with Gasteiger partial charge in [0.05, 0.1) is 6.42 Å². The summed E-state index contributed by atoms with van der Waals surface area (Å²) in [6, 6.07) is 8.25. The van der Waals surface area contributed by atoms with Gasteiger partial charge in [0, 0.05) is 0 Å². The third-order valence-electron chi connectivity index (χ3n) is 2.33. The highest BCUT2D eigenvalue weighted by molar-refractivity contribution is 5.85. The number of benzene rings is 1. The molecule has 0 aliphatic carbocycles. The Morgan fingerprint density at radius 3 is 2.29 bits per heavy atom. The topological polar surface area (TPSA) is 78.6 Å². The number of rotatable bonds is 5. The van der Waals surface area contributed by atoms with E-state index in [1.165, 1.54) is 0 Å². The standard InChI is InChI=1S/C15H21NO4.ClH/c1-15(2,3)20-13(17)9-12(16)14(18)19-10-11-7-5-4-6-8-11;/h4-8,12H,9-10,16H2,1-3H3;1H/t12-;/m0./s1. The smallest absolute Gasteiger partial charge is 0.323 e. The largest absolute Gasteiger partial charge is 0.460 e. The Morgan fingerprint density at radius 1 is 1.19 bits per heavy atom. The lowest BCUT2D eigenvalue weighted by atomic mass is 10.2. The number of carbonyl (C=O) groups excluding carboxylic acids is 2. The van der Waals surface area contributed by atoms with Crippen LogP contribution >= 0.6 is 12.4 Å². The SMILES string of the molecule is CC(C)(C)OC(=O)C[C@H](N)C(=O)OCc1ccccc1.Cl. The van der Waals surface area contributed by atoms with Gasteiger partial charge in [0.15, 0.2) is 0 Å². The summed E-state index contributed by atoms with van der Waals surface area (Å²) >= 11 is 0. The number of esters is 2.